The Kier molecular flexibility index (Phi) is 2.67. The maximum absolute atomic E-state index is 13.1. The van der Waals surface area contributed by atoms with Gasteiger partial charge in [0.1, 0.15) is 5.82 Å². The lowest BCUT2D eigenvalue weighted by Gasteiger charge is -2.07. The Morgan fingerprint density at radius 1 is 1.54 bits per heavy atom. The van der Waals surface area contributed by atoms with Crippen molar-refractivity contribution in [1.29, 1.82) is 0 Å². The van der Waals surface area contributed by atoms with Crippen LogP contribution in [0.15, 0.2) is 6.07 Å². The standard InChI is InChI=1S/C8H9F2NO2/c1-13-3-4-5(9)2-6(11)8(12)7(4)10/h2,12H,3,11H2,1H3. The Hall–Kier alpha value is -1.36. The van der Waals surface area contributed by atoms with Gasteiger partial charge in [-0.05, 0) is 0 Å². The molecule has 1 aromatic rings. The van der Waals surface area contributed by atoms with Crippen LogP contribution in [-0.2, 0) is 11.3 Å². The Morgan fingerprint density at radius 2 is 2.15 bits per heavy atom. The molecule has 0 aliphatic heterocycles. The molecule has 13 heavy (non-hydrogen) atoms. The minimum atomic E-state index is -1.07. The number of hydrogen-bond acceptors (Lipinski definition) is 3. The normalized spacial score (nSPS) is 10.4. The Balaban J connectivity index is 3.26. The van der Waals surface area contributed by atoms with Crippen LogP contribution in [0.25, 0.3) is 0 Å². The maximum Gasteiger partial charge on any atom is 0.175 e. The van der Waals surface area contributed by atoms with Gasteiger partial charge in [-0.2, -0.15) is 0 Å². The summed E-state index contributed by atoms with van der Waals surface area (Å²) in [5, 5.41) is 9.02. The van der Waals surface area contributed by atoms with E-state index in [0.717, 1.165) is 6.07 Å². The molecule has 72 valence electrons. The first-order valence-corrected chi connectivity index (χ1v) is 3.52. The van der Waals surface area contributed by atoms with Gasteiger partial charge >= 0.3 is 0 Å². The van der Waals surface area contributed by atoms with Crippen molar-refractivity contribution in [2.24, 2.45) is 0 Å². The highest BCUT2D eigenvalue weighted by Gasteiger charge is 2.15. The van der Waals surface area contributed by atoms with Crippen molar-refractivity contribution in [2.45, 2.75) is 6.61 Å². The molecule has 5 heteroatoms. The summed E-state index contributed by atoms with van der Waals surface area (Å²) >= 11 is 0. The van der Waals surface area contributed by atoms with E-state index in [4.69, 9.17) is 10.8 Å². The average molecular weight is 189 g/mol. The molecular weight excluding hydrogens is 180 g/mol. The topological polar surface area (TPSA) is 55.5 Å². The van der Waals surface area contributed by atoms with Crippen LogP contribution in [-0.4, -0.2) is 12.2 Å². The van der Waals surface area contributed by atoms with Crippen molar-refractivity contribution in [1.82, 2.24) is 0 Å². The minimum absolute atomic E-state index is 0.245. The summed E-state index contributed by atoms with van der Waals surface area (Å²) in [6, 6.07) is 0.854. The fourth-order valence-corrected chi connectivity index (χ4v) is 0.943. The van der Waals surface area contributed by atoms with Gasteiger partial charge < -0.3 is 15.6 Å². The number of nitrogens with two attached hydrogens (primary N) is 1. The molecule has 0 atom stereocenters. The van der Waals surface area contributed by atoms with Crippen LogP contribution in [0.1, 0.15) is 5.56 Å². The monoisotopic (exact) mass is 189 g/mol. The van der Waals surface area contributed by atoms with Crippen molar-refractivity contribution < 1.29 is 18.6 Å². The van der Waals surface area contributed by atoms with E-state index in [1.807, 2.05) is 0 Å². The molecule has 0 bridgehead atoms. The Morgan fingerprint density at radius 3 is 2.69 bits per heavy atom. The Bertz CT molecular complexity index is 328. The molecule has 0 aliphatic rings. The fourth-order valence-electron chi connectivity index (χ4n) is 0.943. The number of hydrogen-bond donors (Lipinski definition) is 2. The molecular formula is C8H9F2NO2. The highest BCUT2D eigenvalue weighted by Crippen LogP contribution is 2.28. The molecule has 0 heterocycles. The fraction of sp³-hybridized carbons (Fsp3) is 0.250. The third kappa shape index (κ3) is 1.70. The first-order chi connectivity index (χ1) is 6.07. The van der Waals surface area contributed by atoms with E-state index in [1.54, 1.807) is 0 Å². The predicted octanol–water partition coefficient (Wildman–Crippen LogP) is 1.40. The molecule has 0 unspecified atom stereocenters. The number of methoxy groups -OCH3 is 1. The van der Waals surface area contributed by atoms with Gasteiger partial charge in [-0.15, -0.1) is 0 Å². The van der Waals surface area contributed by atoms with Crippen molar-refractivity contribution in [3.8, 4) is 5.75 Å². The number of ether oxygens (including phenoxy) is 1. The zero-order valence-corrected chi connectivity index (χ0v) is 6.97. The lowest BCUT2D eigenvalue weighted by molar-refractivity contribution is 0.177. The van der Waals surface area contributed by atoms with E-state index < -0.39 is 17.4 Å². The summed E-state index contributed by atoms with van der Waals surface area (Å²) in [6.07, 6.45) is 0. The van der Waals surface area contributed by atoms with E-state index in [9.17, 15) is 8.78 Å². The molecule has 0 saturated carbocycles. The number of rotatable bonds is 2. The summed E-state index contributed by atoms with van der Waals surface area (Å²) < 4.78 is 30.6. The van der Waals surface area contributed by atoms with Gasteiger partial charge in [0.2, 0.25) is 0 Å². The van der Waals surface area contributed by atoms with E-state index in [1.165, 1.54) is 7.11 Å². The minimum Gasteiger partial charge on any atom is -0.503 e. The highest BCUT2D eigenvalue weighted by molar-refractivity contribution is 5.54. The number of phenolic OH excluding ortho intramolecular Hbond substituents is 1. The van der Waals surface area contributed by atoms with E-state index in [2.05, 4.69) is 4.74 Å². The van der Waals surface area contributed by atoms with Crippen LogP contribution < -0.4 is 5.73 Å². The highest BCUT2D eigenvalue weighted by atomic mass is 19.1. The summed E-state index contributed by atoms with van der Waals surface area (Å²) in [7, 11) is 1.30. The lowest BCUT2D eigenvalue weighted by Crippen LogP contribution is -2.00. The molecule has 0 amide bonds. The second kappa shape index (κ2) is 3.57. The van der Waals surface area contributed by atoms with Crippen LogP contribution in [0.5, 0.6) is 5.75 Å². The number of phenols is 1. The van der Waals surface area contributed by atoms with E-state index >= 15 is 0 Å². The van der Waals surface area contributed by atoms with Crippen molar-refractivity contribution in [3.05, 3.63) is 23.3 Å². The SMILES string of the molecule is COCc1c(F)cc(N)c(O)c1F. The average Bonchev–Trinajstić information content (AvgIpc) is 2.09. The lowest BCUT2D eigenvalue weighted by atomic mass is 10.1. The quantitative estimate of drug-likeness (QED) is 0.546. The van der Waals surface area contributed by atoms with Gasteiger partial charge in [-0.3, -0.25) is 0 Å². The number of benzene rings is 1. The Labute approximate surface area is 73.7 Å². The summed E-state index contributed by atoms with van der Waals surface area (Å²) in [6.45, 7) is -0.245. The van der Waals surface area contributed by atoms with Crippen LogP contribution in [0, 0.1) is 11.6 Å². The second-order valence-electron chi connectivity index (χ2n) is 2.52. The van der Waals surface area contributed by atoms with Gasteiger partial charge in [0.25, 0.3) is 0 Å². The van der Waals surface area contributed by atoms with Gasteiger partial charge in [0, 0.05) is 13.2 Å². The van der Waals surface area contributed by atoms with Crippen LogP contribution in [0.4, 0.5) is 14.5 Å². The third-order valence-corrected chi connectivity index (χ3v) is 1.61. The molecule has 1 aromatic carbocycles. The molecule has 0 aliphatic carbocycles. The summed E-state index contributed by atoms with van der Waals surface area (Å²) in [5.41, 5.74) is 4.47. The molecule has 0 fully saturated rings. The van der Waals surface area contributed by atoms with Gasteiger partial charge in [0.05, 0.1) is 17.9 Å². The van der Waals surface area contributed by atoms with Crippen LogP contribution in [0.2, 0.25) is 0 Å². The molecule has 1 rings (SSSR count). The van der Waals surface area contributed by atoms with Crippen molar-refractivity contribution in [3.63, 3.8) is 0 Å². The maximum atomic E-state index is 13.1. The zero-order valence-electron chi connectivity index (χ0n) is 6.97. The number of aromatic hydroxyl groups is 1. The largest absolute Gasteiger partial charge is 0.503 e. The number of halogens is 2. The van der Waals surface area contributed by atoms with Gasteiger partial charge in [0.15, 0.2) is 11.6 Å². The van der Waals surface area contributed by atoms with Crippen molar-refractivity contribution in [2.75, 3.05) is 12.8 Å². The molecule has 3 N–H and O–H groups in total. The molecule has 0 saturated heterocycles. The summed E-state index contributed by atoms with van der Waals surface area (Å²) in [4.78, 5) is 0. The van der Waals surface area contributed by atoms with Crippen LogP contribution >= 0.6 is 0 Å². The molecule has 0 aromatic heterocycles. The second-order valence-corrected chi connectivity index (χ2v) is 2.52. The van der Waals surface area contributed by atoms with E-state index in [-0.39, 0.29) is 17.9 Å². The predicted molar refractivity (Wildman–Crippen MR) is 43.1 cm³/mol. The molecule has 3 nitrogen and oxygen atoms in total. The van der Waals surface area contributed by atoms with Crippen LogP contribution in [0.3, 0.4) is 0 Å². The van der Waals surface area contributed by atoms with Crippen molar-refractivity contribution >= 4 is 5.69 Å². The number of anilines is 1. The third-order valence-electron chi connectivity index (χ3n) is 1.61. The van der Waals surface area contributed by atoms with E-state index in [0.29, 0.717) is 0 Å². The zero-order chi connectivity index (χ0) is 10.0. The molecule has 0 spiro atoms. The van der Waals surface area contributed by atoms with Gasteiger partial charge in [-0.1, -0.05) is 0 Å². The smallest absolute Gasteiger partial charge is 0.175 e. The summed E-state index contributed by atoms with van der Waals surface area (Å²) in [5.74, 6) is -2.64. The number of nitrogen functional groups attached to an aromatic ring is 1. The first-order valence-electron chi connectivity index (χ1n) is 3.52. The first kappa shape index (κ1) is 9.73. The van der Waals surface area contributed by atoms with Gasteiger partial charge in [-0.25, -0.2) is 8.78 Å². The molecule has 0 radical (unpaired) electrons.